The van der Waals surface area contributed by atoms with Crippen LogP contribution in [0.15, 0.2) is 0 Å². The first kappa shape index (κ1) is 14.4. The van der Waals surface area contributed by atoms with Gasteiger partial charge in [-0.3, -0.25) is 0 Å². The molecule has 18 heavy (non-hydrogen) atoms. The molecule has 5 heteroatoms. The molecule has 1 aliphatic heterocycles. The number of carbonyl (C=O) groups excluding carboxylic acids is 1. The second-order valence-electron chi connectivity index (χ2n) is 4.72. The minimum Gasteiger partial charge on any atom is -0.480 e. The van der Waals surface area contributed by atoms with Crippen molar-refractivity contribution in [2.24, 2.45) is 5.92 Å². The number of unbranched alkanes of at least 4 members (excludes halogenated alkanes) is 1. The number of carboxylic acids is 1. The van der Waals surface area contributed by atoms with Crippen molar-refractivity contribution in [1.29, 1.82) is 0 Å². The van der Waals surface area contributed by atoms with Crippen molar-refractivity contribution in [3.8, 4) is 12.3 Å². The predicted molar refractivity (Wildman–Crippen MR) is 68.0 cm³/mol. The summed E-state index contributed by atoms with van der Waals surface area (Å²) in [5.74, 6) is 1.91. The molecule has 5 nitrogen and oxygen atoms in total. The Hall–Kier alpha value is -1.70. The Labute approximate surface area is 108 Å². The number of piperidine rings is 1. The molecule has 0 aromatic heterocycles. The molecule has 0 aromatic rings. The summed E-state index contributed by atoms with van der Waals surface area (Å²) in [6.07, 6.45) is 7.81. The number of carbonyl (C=O) groups is 2. The lowest BCUT2D eigenvalue weighted by atomic mass is 9.93. The van der Waals surface area contributed by atoms with Crippen molar-refractivity contribution in [2.45, 2.75) is 38.6 Å². The summed E-state index contributed by atoms with van der Waals surface area (Å²) >= 11 is 0. The van der Waals surface area contributed by atoms with Gasteiger partial charge in [-0.05, 0) is 25.2 Å². The largest absolute Gasteiger partial charge is 0.480 e. The van der Waals surface area contributed by atoms with Crippen molar-refractivity contribution < 1.29 is 14.7 Å². The first-order valence-corrected chi connectivity index (χ1v) is 6.27. The van der Waals surface area contributed by atoms with E-state index < -0.39 is 12.0 Å². The Morgan fingerprint density at radius 2 is 2.28 bits per heavy atom. The molecule has 2 atom stereocenters. The van der Waals surface area contributed by atoms with Crippen LogP contribution < -0.4 is 5.32 Å². The number of hydrogen-bond donors (Lipinski definition) is 2. The summed E-state index contributed by atoms with van der Waals surface area (Å²) in [5, 5.41) is 11.9. The molecule has 2 N–H and O–H groups in total. The van der Waals surface area contributed by atoms with Crippen molar-refractivity contribution in [2.75, 3.05) is 13.1 Å². The van der Waals surface area contributed by atoms with Gasteiger partial charge in [0.1, 0.15) is 6.04 Å². The molecule has 0 bridgehead atoms. The van der Waals surface area contributed by atoms with Crippen molar-refractivity contribution in [1.82, 2.24) is 10.2 Å². The minimum atomic E-state index is -0.930. The highest BCUT2D eigenvalue weighted by Gasteiger charge is 2.34. The molecule has 0 saturated carbocycles. The molecular formula is C13H20N2O3. The summed E-state index contributed by atoms with van der Waals surface area (Å²) in [6, 6.07) is -1.01. The fourth-order valence-corrected chi connectivity index (χ4v) is 2.11. The van der Waals surface area contributed by atoms with E-state index in [4.69, 9.17) is 11.5 Å². The lowest BCUT2D eigenvalue weighted by Crippen LogP contribution is -2.53. The van der Waals surface area contributed by atoms with E-state index in [1.165, 1.54) is 4.90 Å². The van der Waals surface area contributed by atoms with E-state index in [0.717, 1.165) is 6.42 Å². The number of terminal acetylenes is 1. The zero-order valence-electron chi connectivity index (χ0n) is 10.7. The van der Waals surface area contributed by atoms with Crippen LogP contribution >= 0.6 is 0 Å². The molecule has 1 saturated heterocycles. The number of urea groups is 1. The number of amides is 2. The lowest BCUT2D eigenvalue weighted by molar-refractivity contribution is -0.143. The molecule has 0 spiro atoms. The van der Waals surface area contributed by atoms with Crippen LogP contribution in [0.4, 0.5) is 4.79 Å². The molecule has 0 aromatic carbocycles. The normalized spacial score (nSPS) is 23.2. The topological polar surface area (TPSA) is 69.6 Å². The van der Waals surface area contributed by atoms with E-state index >= 15 is 0 Å². The Balaban J connectivity index is 2.49. The van der Waals surface area contributed by atoms with Gasteiger partial charge in [0.05, 0.1) is 0 Å². The number of rotatable bonds is 4. The molecule has 1 aliphatic rings. The van der Waals surface area contributed by atoms with Crippen LogP contribution in [0.5, 0.6) is 0 Å². The molecule has 100 valence electrons. The van der Waals surface area contributed by atoms with Crippen LogP contribution in [-0.2, 0) is 4.79 Å². The Bertz CT molecular complexity index is 349. The summed E-state index contributed by atoms with van der Waals surface area (Å²) in [5.41, 5.74) is 0. The average Bonchev–Trinajstić information content (AvgIpc) is 2.34. The number of carboxylic acid groups (broad SMARTS) is 1. The summed E-state index contributed by atoms with van der Waals surface area (Å²) in [4.78, 5) is 24.4. The predicted octanol–water partition coefficient (Wildman–Crippen LogP) is 1.29. The van der Waals surface area contributed by atoms with Crippen LogP contribution in [0.3, 0.4) is 0 Å². The van der Waals surface area contributed by atoms with Crippen molar-refractivity contribution in [3.63, 3.8) is 0 Å². The average molecular weight is 252 g/mol. The fraction of sp³-hybridized carbons (Fsp3) is 0.692. The third kappa shape index (κ3) is 3.95. The number of aliphatic carboxylic acids is 1. The van der Waals surface area contributed by atoms with Gasteiger partial charge in [-0.2, -0.15) is 0 Å². The third-order valence-corrected chi connectivity index (χ3v) is 3.18. The second kappa shape index (κ2) is 6.90. The first-order chi connectivity index (χ1) is 8.56. The molecule has 1 rings (SSSR count). The summed E-state index contributed by atoms with van der Waals surface area (Å²) in [6.45, 7) is 3.00. The van der Waals surface area contributed by atoms with E-state index in [1.807, 2.05) is 6.92 Å². The molecule has 1 heterocycles. The zero-order chi connectivity index (χ0) is 13.5. The van der Waals surface area contributed by atoms with Gasteiger partial charge >= 0.3 is 12.0 Å². The number of likely N-dealkylation sites (tertiary alicyclic amines) is 1. The van der Waals surface area contributed by atoms with Gasteiger partial charge in [0.2, 0.25) is 0 Å². The van der Waals surface area contributed by atoms with Crippen molar-refractivity contribution in [3.05, 3.63) is 0 Å². The zero-order valence-corrected chi connectivity index (χ0v) is 10.7. The number of nitrogens with one attached hydrogen (secondary N) is 1. The molecular weight excluding hydrogens is 232 g/mol. The monoisotopic (exact) mass is 252 g/mol. The smallest absolute Gasteiger partial charge is 0.326 e. The summed E-state index contributed by atoms with van der Waals surface area (Å²) in [7, 11) is 0. The molecule has 0 aliphatic carbocycles. The first-order valence-electron chi connectivity index (χ1n) is 6.27. The van der Waals surface area contributed by atoms with Gasteiger partial charge < -0.3 is 15.3 Å². The fourth-order valence-electron chi connectivity index (χ4n) is 2.11. The van der Waals surface area contributed by atoms with Crippen LogP contribution in [-0.4, -0.2) is 41.1 Å². The maximum Gasteiger partial charge on any atom is 0.326 e. The second-order valence-corrected chi connectivity index (χ2v) is 4.72. The van der Waals surface area contributed by atoms with Gasteiger partial charge in [-0.25, -0.2) is 9.59 Å². The van der Waals surface area contributed by atoms with Gasteiger partial charge in [-0.1, -0.05) is 6.92 Å². The van der Waals surface area contributed by atoms with Crippen LogP contribution in [0.1, 0.15) is 32.6 Å². The maximum atomic E-state index is 11.9. The SMILES string of the molecule is C#CCCCNC(=O)N1CCC(C)CC1C(=O)O. The van der Waals surface area contributed by atoms with Gasteiger partial charge in [0.15, 0.2) is 0 Å². The highest BCUT2D eigenvalue weighted by Crippen LogP contribution is 2.22. The van der Waals surface area contributed by atoms with E-state index in [0.29, 0.717) is 38.3 Å². The van der Waals surface area contributed by atoms with Gasteiger partial charge in [0.25, 0.3) is 0 Å². The molecule has 2 unspecified atom stereocenters. The molecule has 1 fully saturated rings. The standard InChI is InChI=1S/C13H20N2O3/c1-3-4-5-7-14-13(18)15-8-6-10(2)9-11(15)12(16)17/h1,10-11H,4-9H2,2H3,(H,14,18)(H,16,17). The maximum absolute atomic E-state index is 11.9. The van der Waals surface area contributed by atoms with Gasteiger partial charge in [0, 0.05) is 19.5 Å². The third-order valence-electron chi connectivity index (χ3n) is 3.18. The van der Waals surface area contributed by atoms with E-state index in [-0.39, 0.29) is 6.03 Å². The van der Waals surface area contributed by atoms with Crippen LogP contribution in [0.2, 0.25) is 0 Å². The lowest BCUT2D eigenvalue weighted by Gasteiger charge is -2.35. The number of nitrogens with zero attached hydrogens (tertiary/aromatic N) is 1. The Morgan fingerprint density at radius 3 is 2.89 bits per heavy atom. The quantitative estimate of drug-likeness (QED) is 0.585. The Morgan fingerprint density at radius 1 is 1.56 bits per heavy atom. The summed E-state index contributed by atoms with van der Waals surface area (Å²) < 4.78 is 0. The van der Waals surface area contributed by atoms with Crippen LogP contribution in [0, 0.1) is 18.3 Å². The van der Waals surface area contributed by atoms with E-state index in [9.17, 15) is 9.59 Å². The van der Waals surface area contributed by atoms with Crippen molar-refractivity contribution >= 4 is 12.0 Å². The highest BCUT2D eigenvalue weighted by atomic mass is 16.4. The number of hydrogen-bond acceptors (Lipinski definition) is 2. The minimum absolute atomic E-state index is 0.300. The highest BCUT2D eigenvalue weighted by molar-refractivity contribution is 5.82. The molecule has 2 amide bonds. The Kier molecular flexibility index (Phi) is 5.50. The van der Waals surface area contributed by atoms with Crippen LogP contribution in [0.25, 0.3) is 0 Å². The van der Waals surface area contributed by atoms with Gasteiger partial charge in [-0.15, -0.1) is 12.3 Å². The molecule has 0 radical (unpaired) electrons. The van der Waals surface area contributed by atoms with E-state index in [1.54, 1.807) is 0 Å². The van der Waals surface area contributed by atoms with E-state index in [2.05, 4.69) is 11.2 Å².